The minimum atomic E-state index is -0.110. The molecule has 5 heteroatoms. The fraction of sp³-hybridized carbons (Fsp3) is 0.875. The van der Waals surface area contributed by atoms with E-state index in [1.165, 1.54) is 7.11 Å². The summed E-state index contributed by atoms with van der Waals surface area (Å²) in [5.74, 6) is 2.02. The van der Waals surface area contributed by atoms with Crippen LogP contribution in [0.5, 0.6) is 0 Å². The molecule has 1 N–H and O–H groups in total. The SMILES string of the molecule is CNCCSSCCCC(=O)OC. The molecule has 0 saturated carbocycles. The normalized spacial score (nSPS) is 10.0. The van der Waals surface area contributed by atoms with Crippen LogP contribution in [0.4, 0.5) is 0 Å². The van der Waals surface area contributed by atoms with Crippen molar-refractivity contribution in [3.63, 3.8) is 0 Å². The van der Waals surface area contributed by atoms with Crippen LogP contribution in [0.3, 0.4) is 0 Å². The van der Waals surface area contributed by atoms with Gasteiger partial charge in [0, 0.05) is 24.5 Å². The molecular formula is C8H17NO2S2. The molecule has 0 aromatic carbocycles. The molecule has 0 bridgehead atoms. The quantitative estimate of drug-likeness (QED) is 0.384. The third kappa shape index (κ3) is 10.0. The van der Waals surface area contributed by atoms with Gasteiger partial charge in [0.05, 0.1) is 7.11 Å². The zero-order chi connectivity index (χ0) is 9.94. The van der Waals surface area contributed by atoms with E-state index in [9.17, 15) is 4.79 Å². The first-order chi connectivity index (χ1) is 6.31. The second-order valence-corrected chi connectivity index (χ2v) is 5.13. The Hall–Kier alpha value is 0.130. The van der Waals surface area contributed by atoms with E-state index in [0.29, 0.717) is 6.42 Å². The lowest BCUT2D eigenvalue weighted by atomic mass is 10.3. The van der Waals surface area contributed by atoms with Crippen molar-refractivity contribution in [2.75, 3.05) is 32.2 Å². The fourth-order valence-electron chi connectivity index (χ4n) is 0.639. The second-order valence-electron chi connectivity index (χ2n) is 2.43. The van der Waals surface area contributed by atoms with Gasteiger partial charge in [0.15, 0.2) is 0 Å². The van der Waals surface area contributed by atoms with Crippen molar-refractivity contribution in [2.24, 2.45) is 0 Å². The van der Waals surface area contributed by atoms with Crippen molar-refractivity contribution in [3.8, 4) is 0 Å². The molecule has 0 unspecified atom stereocenters. The van der Waals surface area contributed by atoms with E-state index in [0.717, 1.165) is 24.5 Å². The molecule has 0 aliphatic heterocycles. The van der Waals surface area contributed by atoms with Gasteiger partial charge < -0.3 is 10.1 Å². The standard InChI is InChI=1S/C8H17NO2S2/c1-9-5-7-13-12-6-3-4-8(10)11-2/h9H,3-7H2,1-2H3. The molecule has 0 aromatic rings. The molecule has 0 aliphatic carbocycles. The van der Waals surface area contributed by atoms with Crippen LogP contribution in [0.1, 0.15) is 12.8 Å². The van der Waals surface area contributed by atoms with Gasteiger partial charge in [-0.25, -0.2) is 0 Å². The van der Waals surface area contributed by atoms with Crippen LogP contribution in [-0.4, -0.2) is 38.2 Å². The van der Waals surface area contributed by atoms with Gasteiger partial charge in [-0.3, -0.25) is 4.79 Å². The molecule has 0 aromatic heterocycles. The molecule has 0 aliphatic rings. The van der Waals surface area contributed by atoms with Crippen LogP contribution < -0.4 is 5.32 Å². The number of carbonyl (C=O) groups excluding carboxylic acids is 1. The minimum absolute atomic E-state index is 0.110. The minimum Gasteiger partial charge on any atom is -0.469 e. The highest BCUT2D eigenvalue weighted by Crippen LogP contribution is 2.21. The molecular weight excluding hydrogens is 206 g/mol. The Bertz CT molecular complexity index is 133. The second kappa shape index (κ2) is 10.2. The lowest BCUT2D eigenvalue weighted by Gasteiger charge is -2.00. The molecule has 0 atom stereocenters. The molecule has 0 spiro atoms. The molecule has 13 heavy (non-hydrogen) atoms. The first-order valence-electron chi connectivity index (χ1n) is 4.27. The maximum atomic E-state index is 10.7. The predicted octanol–water partition coefficient (Wildman–Crippen LogP) is 1.54. The molecule has 78 valence electrons. The topological polar surface area (TPSA) is 38.3 Å². The summed E-state index contributed by atoms with van der Waals surface area (Å²) in [5.41, 5.74) is 0. The van der Waals surface area contributed by atoms with Crippen LogP contribution in [0.25, 0.3) is 0 Å². The van der Waals surface area contributed by atoms with E-state index in [-0.39, 0.29) is 5.97 Å². The van der Waals surface area contributed by atoms with Crippen molar-refractivity contribution in [2.45, 2.75) is 12.8 Å². The van der Waals surface area contributed by atoms with Crippen molar-refractivity contribution in [1.29, 1.82) is 0 Å². The Balaban J connectivity index is 2.95. The highest BCUT2D eigenvalue weighted by molar-refractivity contribution is 8.76. The first-order valence-corrected chi connectivity index (χ1v) is 6.76. The van der Waals surface area contributed by atoms with Crippen molar-refractivity contribution < 1.29 is 9.53 Å². The van der Waals surface area contributed by atoms with Crippen molar-refractivity contribution >= 4 is 27.6 Å². The molecule has 0 saturated heterocycles. The Kier molecular flexibility index (Phi) is 10.3. The lowest BCUT2D eigenvalue weighted by molar-refractivity contribution is -0.140. The molecule has 0 radical (unpaired) electrons. The highest BCUT2D eigenvalue weighted by atomic mass is 33.1. The molecule has 0 fully saturated rings. The molecule has 0 amide bonds. The number of hydrogen-bond acceptors (Lipinski definition) is 5. The summed E-state index contributed by atoms with van der Waals surface area (Å²) in [7, 11) is 7.03. The van der Waals surface area contributed by atoms with E-state index >= 15 is 0 Å². The van der Waals surface area contributed by atoms with Crippen molar-refractivity contribution in [1.82, 2.24) is 5.32 Å². The third-order valence-electron chi connectivity index (χ3n) is 1.35. The average molecular weight is 223 g/mol. The highest BCUT2D eigenvalue weighted by Gasteiger charge is 1.98. The summed E-state index contributed by atoms with van der Waals surface area (Å²) in [6, 6.07) is 0. The van der Waals surface area contributed by atoms with Gasteiger partial charge in [-0.2, -0.15) is 0 Å². The maximum absolute atomic E-state index is 10.7. The maximum Gasteiger partial charge on any atom is 0.305 e. The van der Waals surface area contributed by atoms with Gasteiger partial charge >= 0.3 is 5.97 Å². The van der Waals surface area contributed by atoms with Crippen LogP contribution in [-0.2, 0) is 9.53 Å². The Morgan fingerprint density at radius 1 is 1.38 bits per heavy atom. The van der Waals surface area contributed by atoms with Crippen LogP contribution in [0.2, 0.25) is 0 Å². The number of methoxy groups -OCH3 is 1. The van der Waals surface area contributed by atoms with Gasteiger partial charge in [-0.05, 0) is 13.5 Å². The van der Waals surface area contributed by atoms with E-state index in [4.69, 9.17) is 0 Å². The van der Waals surface area contributed by atoms with Gasteiger partial charge in [0.25, 0.3) is 0 Å². The largest absolute Gasteiger partial charge is 0.469 e. The summed E-state index contributed by atoms with van der Waals surface area (Å²) in [6.45, 7) is 1.04. The summed E-state index contributed by atoms with van der Waals surface area (Å²) in [6.07, 6.45) is 1.44. The predicted molar refractivity (Wildman–Crippen MR) is 60.1 cm³/mol. The van der Waals surface area contributed by atoms with Crippen molar-refractivity contribution in [3.05, 3.63) is 0 Å². The number of hydrogen-bond donors (Lipinski definition) is 1. The van der Waals surface area contributed by atoms with Gasteiger partial charge in [-0.1, -0.05) is 21.6 Å². The summed E-state index contributed by atoms with van der Waals surface area (Å²) >= 11 is 0. The van der Waals surface area contributed by atoms with Crippen LogP contribution >= 0.6 is 21.6 Å². The van der Waals surface area contributed by atoms with E-state index in [2.05, 4.69) is 10.1 Å². The van der Waals surface area contributed by atoms with Gasteiger partial charge in [0.2, 0.25) is 0 Å². The smallest absolute Gasteiger partial charge is 0.305 e. The Morgan fingerprint density at radius 3 is 2.69 bits per heavy atom. The summed E-state index contributed by atoms with van der Waals surface area (Å²) in [4.78, 5) is 10.7. The van der Waals surface area contributed by atoms with Crippen LogP contribution in [0, 0.1) is 0 Å². The molecule has 3 nitrogen and oxygen atoms in total. The third-order valence-corrected chi connectivity index (χ3v) is 3.85. The lowest BCUT2D eigenvalue weighted by Crippen LogP contribution is -2.09. The van der Waals surface area contributed by atoms with Gasteiger partial charge in [-0.15, -0.1) is 0 Å². The zero-order valence-corrected chi connectivity index (χ0v) is 9.80. The number of rotatable bonds is 8. The first kappa shape index (κ1) is 13.1. The molecule has 0 heterocycles. The Labute approximate surface area is 87.8 Å². The number of ether oxygens (including phenoxy) is 1. The van der Waals surface area contributed by atoms with E-state index < -0.39 is 0 Å². The fourth-order valence-corrected chi connectivity index (χ4v) is 2.74. The number of esters is 1. The molecule has 0 rings (SSSR count). The average Bonchev–Trinajstić information content (AvgIpc) is 2.16. The zero-order valence-electron chi connectivity index (χ0n) is 8.17. The van der Waals surface area contributed by atoms with E-state index in [1.54, 1.807) is 0 Å². The number of carbonyl (C=O) groups is 1. The summed E-state index contributed by atoms with van der Waals surface area (Å²) in [5, 5.41) is 3.08. The number of nitrogens with one attached hydrogen (secondary N) is 1. The van der Waals surface area contributed by atoms with E-state index in [1.807, 2.05) is 28.6 Å². The summed E-state index contributed by atoms with van der Waals surface area (Å²) < 4.78 is 4.53. The van der Waals surface area contributed by atoms with Crippen LogP contribution in [0.15, 0.2) is 0 Å². The monoisotopic (exact) mass is 223 g/mol. The Morgan fingerprint density at radius 2 is 2.08 bits per heavy atom. The van der Waals surface area contributed by atoms with Gasteiger partial charge in [0.1, 0.15) is 0 Å².